The Bertz CT molecular complexity index is 812. The van der Waals surface area contributed by atoms with Gasteiger partial charge < -0.3 is 9.64 Å². The highest BCUT2D eigenvalue weighted by Crippen LogP contribution is 2.31. The quantitative estimate of drug-likeness (QED) is 0.699. The Balaban J connectivity index is 1.89. The smallest absolute Gasteiger partial charge is 0.413 e. The molecule has 2 rings (SSSR count). The third kappa shape index (κ3) is 5.86. The molecule has 140 valence electrons. The number of likely N-dealkylation sites (N-methyl/N-ethyl adjacent to an activating group) is 1. The van der Waals surface area contributed by atoms with E-state index in [2.05, 4.69) is 15.0 Å². The highest BCUT2D eigenvalue weighted by Gasteiger charge is 2.18. The molecule has 0 spiro atoms. The molecule has 7 nitrogen and oxygen atoms in total. The highest BCUT2D eigenvalue weighted by atomic mass is 35.5. The van der Waals surface area contributed by atoms with Crippen LogP contribution < -0.4 is 5.32 Å². The van der Waals surface area contributed by atoms with Crippen LogP contribution in [-0.4, -0.2) is 53.2 Å². The first-order valence-corrected chi connectivity index (χ1v) is 10.0. The average molecular weight is 416 g/mol. The number of carbonyl (C=O) groups excluding carboxylic acids is 3. The summed E-state index contributed by atoms with van der Waals surface area (Å²) in [6.45, 7) is 3.72. The van der Waals surface area contributed by atoms with Crippen molar-refractivity contribution in [3.8, 4) is 0 Å². The first-order chi connectivity index (χ1) is 12.4. The van der Waals surface area contributed by atoms with Crippen molar-refractivity contribution in [3.63, 3.8) is 0 Å². The maximum atomic E-state index is 12.3. The van der Waals surface area contributed by atoms with Crippen molar-refractivity contribution in [2.45, 2.75) is 18.2 Å². The number of rotatable bonds is 7. The number of hydrogen-bond donors (Lipinski definition) is 1. The van der Waals surface area contributed by atoms with Gasteiger partial charge in [0.25, 0.3) is 0 Å². The van der Waals surface area contributed by atoms with Gasteiger partial charge in [-0.25, -0.2) is 9.78 Å². The number of thiazole rings is 1. The molecule has 2 aromatic rings. The van der Waals surface area contributed by atoms with Gasteiger partial charge in [0.05, 0.1) is 22.6 Å². The molecule has 0 saturated carbocycles. The van der Waals surface area contributed by atoms with Crippen molar-refractivity contribution in [2.24, 2.45) is 0 Å². The number of alkyl carbamates (subject to hydrolysis) is 1. The van der Waals surface area contributed by atoms with E-state index in [0.29, 0.717) is 11.6 Å². The monoisotopic (exact) mass is 415 g/mol. The topological polar surface area (TPSA) is 88.6 Å². The fraction of sp³-hybridized carbons (Fsp3) is 0.375. The van der Waals surface area contributed by atoms with Crippen LogP contribution in [0.25, 0.3) is 10.2 Å². The maximum Gasteiger partial charge on any atom is 0.413 e. The zero-order chi connectivity index (χ0) is 19.1. The number of halogens is 1. The number of fused-ring (bicyclic) bond motifs is 1. The van der Waals surface area contributed by atoms with Crippen LogP contribution >= 0.6 is 34.7 Å². The van der Waals surface area contributed by atoms with Gasteiger partial charge in [0.1, 0.15) is 6.54 Å². The Kier molecular flexibility index (Phi) is 7.67. The normalized spacial score (nSPS) is 10.6. The van der Waals surface area contributed by atoms with Gasteiger partial charge in [-0.05, 0) is 32.0 Å². The van der Waals surface area contributed by atoms with E-state index in [9.17, 15) is 14.4 Å². The van der Waals surface area contributed by atoms with Crippen LogP contribution in [0.5, 0.6) is 0 Å². The fourth-order valence-electron chi connectivity index (χ4n) is 2.03. The van der Waals surface area contributed by atoms with E-state index in [1.807, 2.05) is 6.07 Å². The van der Waals surface area contributed by atoms with Gasteiger partial charge in [0.15, 0.2) is 4.34 Å². The minimum Gasteiger partial charge on any atom is -0.450 e. The number of hydrogen-bond acceptors (Lipinski definition) is 7. The second-order valence-electron chi connectivity index (χ2n) is 5.06. The van der Waals surface area contributed by atoms with Gasteiger partial charge in [0.2, 0.25) is 11.8 Å². The molecule has 0 radical (unpaired) electrons. The molecular formula is C16H18ClN3O4S2. The Morgan fingerprint density at radius 2 is 2.12 bits per heavy atom. The second-order valence-corrected chi connectivity index (χ2v) is 7.75. The standard InChI is InChI=1S/C16H18ClN3O4S2/c1-3-20(8-13(21)19-15(23)24-4-2)14(22)9-25-16-18-11-7-10(17)5-6-12(11)26-16/h5-7H,3-4,8-9H2,1-2H3,(H,19,21,23). The molecule has 0 aliphatic rings. The summed E-state index contributed by atoms with van der Waals surface area (Å²) in [6, 6.07) is 5.46. The largest absolute Gasteiger partial charge is 0.450 e. The molecule has 1 N–H and O–H groups in total. The summed E-state index contributed by atoms with van der Waals surface area (Å²) in [4.78, 5) is 41.2. The summed E-state index contributed by atoms with van der Waals surface area (Å²) in [5, 5.41) is 2.69. The first-order valence-electron chi connectivity index (χ1n) is 7.86. The number of thioether (sulfide) groups is 1. The molecule has 0 fully saturated rings. The van der Waals surface area contributed by atoms with Crippen molar-refractivity contribution in [3.05, 3.63) is 23.2 Å². The van der Waals surface area contributed by atoms with Gasteiger partial charge in [-0.15, -0.1) is 11.3 Å². The number of amides is 3. The third-order valence-electron chi connectivity index (χ3n) is 3.23. The SMILES string of the molecule is CCOC(=O)NC(=O)CN(CC)C(=O)CSc1nc2cc(Cl)ccc2s1. The summed E-state index contributed by atoms with van der Waals surface area (Å²) in [5.74, 6) is -0.652. The number of benzene rings is 1. The molecule has 0 aliphatic carbocycles. The summed E-state index contributed by atoms with van der Waals surface area (Å²) < 4.78 is 6.38. The second kappa shape index (κ2) is 9.75. The van der Waals surface area contributed by atoms with Crippen LogP contribution in [0.15, 0.2) is 22.5 Å². The molecule has 0 unspecified atom stereocenters. The van der Waals surface area contributed by atoms with Crippen molar-refractivity contribution < 1.29 is 19.1 Å². The molecule has 10 heteroatoms. The Morgan fingerprint density at radius 3 is 2.81 bits per heavy atom. The van der Waals surface area contributed by atoms with Crippen molar-refractivity contribution in [1.29, 1.82) is 0 Å². The number of ether oxygens (including phenoxy) is 1. The zero-order valence-corrected chi connectivity index (χ0v) is 16.7. The summed E-state index contributed by atoms with van der Waals surface area (Å²) in [7, 11) is 0. The molecule has 0 aliphatic heterocycles. The van der Waals surface area contributed by atoms with Crippen LogP contribution in [0.4, 0.5) is 4.79 Å². The van der Waals surface area contributed by atoms with Crippen molar-refractivity contribution in [2.75, 3.05) is 25.4 Å². The zero-order valence-electron chi connectivity index (χ0n) is 14.3. The van der Waals surface area contributed by atoms with E-state index in [-0.39, 0.29) is 24.8 Å². The average Bonchev–Trinajstić information content (AvgIpc) is 2.99. The van der Waals surface area contributed by atoms with E-state index < -0.39 is 12.0 Å². The predicted molar refractivity (Wildman–Crippen MR) is 103 cm³/mol. The number of aromatic nitrogens is 1. The maximum absolute atomic E-state index is 12.3. The molecule has 0 atom stereocenters. The summed E-state index contributed by atoms with van der Waals surface area (Å²) >= 11 is 8.73. The van der Waals surface area contributed by atoms with Crippen molar-refractivity contribution >= 4 is 62.8 Å². The number of nitrogens with zero attached hydrogens (tertiary/aromatic N) is 2. The van der Waals surface area contributed by atoms with E-state index in [4.69, 9.17) is 11.6 Å². The molecule has 1 aromatic heterocycles. The Morgan fingerprint density at radius 1 is 1.35 bits per heavy atom. The van der Waals surface area contributed by atoms with E-state index >= 15 is 0 Å². The number of carbonyl (C=O) groups is 3. The molecule has 1 heterocycles. The van der Waals surface area contributed by atoms with Crippen LogP contribution in [0.3, 0.4) is 0 Å². The minimum absolute atomic E-state index is 0.147. The molecule has 1 aromatic carbocycles. The number of imide groups is 1. The lowest BCUT2D eigenvalue weighted by Gasteiger charge is -2.19. The van der Waals surface area contributed by atoms with E-state index in [1.165, 1.54) is 28.0 Å². The van der Waals surface area contributed by atoms with E-state index in [1.54, 1.807) is 26.0 Å². The summed E-state index contributed by atoms with van der Waals surface area (Å²) in [5.41, 5.74) is 0.790. The lowest BCUT2D eigenvalue weighted by molar-refractivity contribution is -0.133. The Hall–Kier alpha value is -1.84. The lowest BCUT2D eigenvalue weighted by atomic mass is 10.3. The van der Waals surface area contributed by atoms with Gasteiger partial charge in [-0.2, -0.15) is 0 Å². The molecule has 0 saturated heterocycles. The van der Waals surface area contributed by atoms with Crippen LogP contribution in [0.2, 0.25) is 5.02 Å². The van der Waals surface area contributed by atoms with Crippen molar-refractivity contribution in [1.82, 2.24) is 15.2 Å². The van der Waals surface area contributed by atoms with Crippen LogP contribution in [0.1, 0.15) is 13.8 Å². The van der Waals surface area contributed by atoms with Gasteiger partial charge in [0, 0.05) is 11.6 Å². The molecular weight excluding hydrogens is 398 g/mol. The van der Waals surface area contributed by atoms with Gasteiger partial charge >= 0.3 is 6.09 Å². The molecule has 0 bridgehead atoms. The van der Waals surface area contributed by atoms with Crippen LogP contribution in [-0.2, 0) is 14.3 Å². The lowest BCUT2D eigenvalue weighted by Crippen LogP contribution is -2.43. The Labute approximate surface area is 164 Å². The number of nitrogens with one attached hydrogen (secondary N) is 1. The fourth-order valence-corrected chi connectivity index (χ4v) is 4.14. The summed E-state index contributed by atoms with van der Waals surface area (Å²) in [6.07, 6.45) is -0.816. The first kappa shape index (κ1) is 20.5. The van der Waals surface area contributed by atoms with Crippen LogP contribution in [0, 0.1) is 0 Å². The highest BCUT2D eigenvalue weighted by molar-refractivity contribution is 8.01. The van der Waals surface area contributed by atoms with Gasteiger partial charge in [-0.3, -0.25) is 14.9 Å². The third-order valence-corrected chi connectivity index (χ3v) is 5.63. The molecule has 3 amide bonds. The predicted octanol–water partition coefficient (Wildman–Crippen LogP) is 3.16. The van der Waals surface area contributed by atoms with Gasteiger partial charge in [-0.1, -0.05) is 23.4 Å². The minimum atomic E-state index is -0.816. The molecule has 26 heavy (non-hydrogen) atoms. The van der Waals surface area contributed by atoms with E-state index in [0.717, 1.165) is 14.6 Å².